The largest absolute Gasteiger partial charge is 0.493 e. The number of nitrogens with zero attached hydrogens (tertiary/aromatic N) is 2. The normalized spacial score (nSPS) is 15.7. The Labute approximate surface area is 169 Å². The lowest BCUT2D eigenvalue weighted by molar-refractivity contribution is 0.206. The zero-order chi connectivity index (χ0) is 20.2. The fourth-order valence-corrected chi connectivity index (χ4v) is 3.35. The van der Waals surface area contributed by atoms with E-state index in [0.717, 1.165) is 44.0 Å². The minimum absolute atomic E-state index is 0.212. The molecule has 2 rings (SSSR count). The Morgan fingerprint density at radius 1 is 1.29 bits per heavy atom. The number of rotatable bonds is 9. The van der Waals surface area contributed by atoms with Gasteiger partial charge in [-0.15, -0.1) is 6.42 Å². The van der Waals surface area contributed by atoms with E-state index in [1.54, 1.807) is 7.11 Å². The first kappa shape index (κ1) is 21.9. The van der Waals surface area contributed by atoms with Crippen molar-refractivity contribution in [3.63, 3.8) is 0 Å². The molecule has 6 nitrogen and oxygen atoms in total. The molecular weight excluding hydrogens is 352 g/mol. The molecule has 6 heteroatoms. The molecule has 0 unspecified atom stereocenters. The number of aliphatic imine (C=N–C) groups is 1. The number of hydrogen-bond donors (Lipinski definition) is 2. The molecule has 0 bridgehead atoms. The number of nitrogens with one attached hydrogen (secondary N) is 2. The van der Waals surface area contributed by atoms with Crippen molar-refractivity contribution in [1.82, 2.24) is 15.5 Å². The number of likely N-dealkylation sites (tertiary alicyclic amines) is 1. The van der Waals surface area contributed by atoms with Gasteiger partial charge in [0.05, 0.1) is 13.7 Å². The van der Waals surface area contributed by atoms with Crippen molar-refractivity contribution in [2.75, 3.05) is 39.9 Å². The summed E-state index contributed by atoms with van der Waals surface area (Å²) in [6.07, 6.45) is 8.81. The van der Waals surface area contributed by atoms with Gasteiger partial charge in [-0.3, -0.25) is 0 Å². The summed E-state index contributed by atoms with van der Waals surface area (Å²) in [5.41, 5.74) is 1.04. The molecule has 1 fully saturated rings. The molecule has 0 aliphatic carbocycles. The summed E-state index contributed by atoms with van der Waals surface area (Å²) in [7, 11) is 1.62. The van der Waals surface area contributed by atoms with E-state index in [2.05, 4.69) is 35.3 Å². The van der Waals surface area contributed by atoms with Crippen molar-refractivity contribution in [3.05, 3.63) is 23.8 Å². The molecule has 1 saturated heterocycles. The Morgan fingerprint density at radius 2 is 2.07 bits per heavy atom. The Bertz CT molecular complexity index is 661. The maximum absolute atomic E-state index is 5.58. The second-order valence-corrected chi connectivity index (χ2v) is 6.93. The fraction of sp³-hybridized carbons (Fsp3) is 0.591. The number of terminal acetylenes is 1. The summed E-state index contributed by atoms with van der Waals surface area (Å²) in [5, 5.41) is 6.94. The van der Waals surface area contributed by atoms with Gasteiger partial charge >= 0.3 is 0 Å². The maximum Gasteiger partial charge on any atom is 0.191 e. The van der Waals surface area contributed by atoms with Crippen LogP contribution in [0.5, 0.6) is 11.5 Å². The van der Waals surface area contributed by atoms with Crippen LogP contribution in [0.3, 0.4) is 0 Å². The van der Waals surface area contributed by atoms with E-state index in [-0.39, 0.29) is 6.61 Å². The molecule has 1 aromatic rings. The van der Waals surface area contributed by atoms with Gasteiger partial charge in [0.1, 0.15) is 6.61 Å². The Balaban J connectivity index is 1.97. The standard InChI is InChI=1S/C22H34N4O2/c1-5-12-26-13-10-19(11-14-26)25-22(23-7-3)24-17-18-8-9-20(27-4)21(16-18)28-15-6-2/h2,8-9,16,19H,5,7,10-15,17H2,1,3-4H3,(H2,23,24,25). The zero-order valence-electron chi connectivity index (χ0n) is 17.5. The Hall–Kier alpha value is -2.39. The predicted molar refractivity (Wildman–Crippen MR) is 115 cm³/mol. The molecule has 0 spiro atoms. The van der Waals surface area contributed by atoms with Gasteiger partial charge in [-0.05, 0) is 50.4 Å². The second kappa shape index (κ2) is 12.1. The van der Waals surface area contributed by atoms with E-state index in [4.69, 9.17) is 20.9 Å². The summed E-state index contributed by atoms with van der Waals surface area (Å²) >= 11 is 0. The average Bonchev–Trinajstić information content (AvgIpc) is 2.72. The second-order valence-electron chi connectivity index (χ2n) is 6.93. The molecule has 1 aromatic carbocycles. The van der Waals surface area contributed by atoms with Crippen molar-refractivity contribution in [2.45, 2.75) is 45.7 Å². The lowest BCUT2D eigenvalue weighted by Gasteiger charge is -2.32. The van der Waals surface area contributed by atoms with Crippen LogP contribution < -0.4 is 20.1 Å². The first-order chi connectivity index (χ1) is 13.7. The molecule has 0 atom stereocenters. The molecule has 28 heavy (non-hydrogen) atoms. The molecule has 0 aromatic heterocycles. The van der Waals surface area contributed by atoms with Gasteiger partial charge in [0.25, 0.3) is 0 Å². The van der Waals surface area contributed by atoms with E-state index >= 15 is 0 Å². The predicted octanol–water partition coefficient (Wildman–Crippen LogP) is 2.64. The van der Waals surface area contributed by atoms with Gasteiger partial charge in [-0.25, -0.2) is 4.99 Å². The van der Waals surface area contributed by atoms with Crippen molar-refractivity contribution < 1.29 is 9.47 Å². The Morgan fingerprint density at radius 3 is 2.71 bits per heavy atom. The van der Waals surface area contributed by atoms with E-state index in [1.165, 1.54) is 13.0 Å². The van der Waals surface area contributed by atoms with Gasteiger partial charge in [-0.2, -0.15) is 0 Å². The maximum atomic E-state index is 5.58. The molecule has 0 radical (unpaired) electrons. The lowest BCUT2D eigenvalue weighted by atomic mass is 10.1. The van der Waals surface area contributed by atoms with E-state index in [0.29, 0.717) is 24.1 Å². The molecule has 2 N–H and O–H groups in total. The monoisotopic (exact) mass is 386 g/mol. The first-order valence-corrected chi connectivity index (χ1v) is 10.2. The number of hydrogen-bond acceptors (Lipinski definition) is 4. The highest BCUT2D eigenvalue weighted by Crippen LogP contribution is 2.28. The molecular formula is C22H34N4O2. The third-order valence-electron chi connectivity index (χ3n) is 4.77. The molecule has 154 valence electrons. The molecule has 1 heterocycles. The quantitative estimate of drug-likeness (QED) is 0.388. The number of benzene rings is 1. The van der Waals surface area contributed by atoms with Gasteiger partial charge in [-0.1, -0.05) is 18.9 Å². The van der Waals surface area contributed by atoms with Crippen LogP contribution in [0.25, 0.3) is 0 Å². The highest BCUT2D eigenvalue weighted by atomic mass is 16.5. The SMILES string of the molecule is C#CCOc1cc(CN=C(NCC)NC2CCN(CCC)CC2)ccc1OC. The highest BCUT2D eigenvalue weighted by molar-refractivity contribution is 5.80. The highest BCUT2D eigenvalue weighted by Gasteiger charge is 2.19. The van der Waals surface area contributed by atoms with Crippen molar-refractivity contribution >= 4 is 5.96 Å². The number of piperidine rings is 1. The topological polar surface area (TPSA) is 58.1 Å². The first-order valence-electron chi connectivity index (χ1n) is 10.2. The van der Waals surface area contributed by atoms with Crippen LogP contribution >= 0.6 is 0 Å². The minimum atomic E-state index is 0.212. The Kier molecular flexibility index (Phi) is 9.50. The van der Waals surface area contributed by atoms with Crippen LogP contribution in [0.4, 0.5) is 0 Å². The van der Waals surface area contributed by atoms with Gasteiger partial charge in [0, 0.05) is 25.7 Å². The number of ether oxygens (including phenoxy) is 2. The van der Waals surface area contributed by atoms with Crippen molar-refractivity contribution in [1.29, 1.82) is 0 Å². The summed E-state index contributed by atoms with van der Waals surface area (Å²) in [4.78, 5) is 7.29. The average molecular weight is 387 g/mol. The smallest absolute Gasteiger partial charge is 0.191 e. The zero-order valence-corrected chi connectivity index (χ0v) is 17.5. The van der Waals surface area contributed by atoms with E-state index in [9.17, 15) is 0 Å². The minimum Gasteiger partial charge on any atom is -0.493 e. The summed E-state index contributed by atoms with van der Waals surface area (Å²) in [6.45, 7) is 9.42. The summed E-state index contributed by atoms with van der Waals surface area (Å²) < 4.78 is 10.9. The van der Waals surface area contributed by atoms with Crippen LogP contribution in [-0.2, 0) is 6.54 Å². The molecule has 0 saturated carbocycles. The molecule has 1 aliphatic rings. The summed E-state index contributed by atoms with van der Waals surface area (Å²) in [5.74, 6) is 4.66. The number of guanidine groups is 1. The van der Waals surface area contributed by atoms with E-state index < -0.39 is 0 Å². The van der Waals surface area contributed by atoms with Crippen LogP contribution in [-0.4, -0.2) is 56.8 Å². The van der Waals surface area contributed by atoms with Gasteiger partial charge in [0.15, 0.2) is 17.5 Å². The third-order valence-corrected chi connectivity index (χ3v) is 4.77. The van der Waals surface area contributed by atoms with Crippen molar-refractivity contribution in [3.8, 4) is 23.8 Å². The van der Waals surface area contributed by atoms with E-state index in [1.807, 2.05) is 18.2 Å². The number of methoxy groups -OCH3 is 1. The fourth-order valence-electron chi connectivity index (χ4n) is 3.35. The van der Waals surface area contributed by atoms with Crippen LogP contribution in [0.15, 0.2) is 23.2 Å². The van der Waals surface area contributed by atoms with Crippen molar-refractivity contribution in [2.24, 2.45) is 4.99 Å². The van der Waals surface area contributed by atoms with Gasteiger partial charge < -0.3 is 25.0 Å². The van der Waals surface area contributed by atoms with Crippen LogP contribution in [0.2, 0.25) is 0 Å². The summed E-state index contributed by atoms with van der Waals surface area (Å²) in [6, 6.07) is 6.29. The molecule has 0 amide bonds. The van der Waals surface area contributed by atoms with Crippen LogP contribution in [0, 0.1) is 12.3 Å². The molecule has 1 aliphatic heterocycles. The van der Waals surface area contributed by atoms with Crippen LogP contribution in [0.1, 0.15) is 38.7 Å². The van der Waals surface area contributed by atoms with Gasteiger partial charge in [0.2, 0.25) is 0 Å². The third kappa shape index (κ3) is 6.97. The lowest BCUT2D eigenvalue weighted by Crippen LogP contribution is -2.48.